The van der Waals surface area contributed by atoms with Gasteiger partial charge in [-0.25, -0.2) is 0 Å². The van der Waals surface area contributed by atoms with Crippen molar-refractivity contribution >= 4 is 6.09 Å². The minimum Gasteiger partial charge on any atom is -0.530 e. The fourth-order valence-electron chi connectivity index (χ4n) is 1.16. The number of carbonyl (C=O) groups is 1. The number of carboxylic acid groups (broad SMARTS) is 1. The molecule has 2 rings (SSSR count). The maximum absolute atomic E-state index is 10.1. The smallest absolute Gasteiger partial charge is 0.137 e. The fraction of sp³-hybridized carbons (Fsp3) is 0.800. The van der Waals surface area contributed by atoms with Gasteiger partial charge in [-0.1, -0.05) is 0 Å². The molecule has 1 amide bonds. The molecule has 2 saturated heterocycles. The van der Waals surface area contributed by atoms with Crippen LogP contribution >= 0.6 is 0 Å². The highest BCUT2D eigenvalue weighted by molar-refractivity contribution is 5.63. The molecule has 50 valence electrons. The van der Waals surface area contributed by atoms with Crippen molar-refractivity contribution in [1.82, 2.24) is 4.90 Å². The molecule has 2 unspecified atom stereocenters. The first-order valence-electron chi connectivity index (χ1n) is 2.89. The summed E-state index contributed by atoms with van der Waals surface area (Å²) >= 11 is 0. The second-order valence-corrected chi connectivity index (χ2v) is 2.38. The second-order valence-electron chi connectivity index (χ2n) is 2.38. The zero-order chi connectivity index (χ0) is 6.43. The predicted molar refractivity (Wildman–Crippen MR) is 25.6 cm³/mol. The highest BCUT2D eigenvalue weighted by atomic mass is 16.6. The van der Waals surface area contributed by atoms with Crippen LogP contribution in [0, 0.1) is 0 Å². The van der Waals surface area contributed by atoms with Gasteiger partial charge in [-0.2, -0.15) is 0 Å². The van der Waals surface area contributed by atoms with Crippen molar-refractivity contribution in [1.29, 1.82) is 0 Å². The monoisotopic (exact) mass is 128 g/mol. The first-order valence-corrected chi connectivity index (χ1v) is 2.89. The first kappa shape index (κ1) is 5.05. The lowest BCUT2D eigenvalue weighted by molar-refractivity contribution is -0.265. The number of likely N-dealkylation sites (tertiary alicyclic amines) is 1. The quantitative estimate of drug-likeness (QED) is 0.370. The molecule has 0 radical (unpaired) electrons. The highest BCUT2D eigenvalue weighted by Crippen LogP contribution is 2.29. The molecule has 2 fully saturated rings. The third kappa shape index (κ3) is 0.666. The van der Waals surface area contributed by atoms with Gasteiger partial charge in [0.25, 0.3) is 0 Å². The lowest BCUT2D eigenvalue weighted by atomic mass is 10.4. The van der Waals surface area contributed by atoms with Crippen molar-refractivity contribution < 1.29 is 14.6 Å². The summed E-state index contributed by atoms with van der Waals surface area (Å²) in [7, 11) is 0. The van der Waals surface area contributed by atoms with E-state index >= 15 is 0 Å². The number of rotatable bonds is 0. The zero-order valence-corrected chi connectivity index (χ0v) is 4.74. The second kappa shape index (κ2) is 1.39. The number of carbonyl (C=O) groups excluding carboxylic acids is 1. The average Bonchev–Trinajstić information content (AvgIpc) is 2.40. The van der Waals surface area contributed by atoms with Gasteiger partial charge in [0.05, 0.1) is 0 Å². The molecule has 2 aliphatic heterocycles. The van der Waals surface area contributed by atoms with Crippen molar-refractivity contribution in [3.05, 3.63) is 0 Å². The third-order valence-electron chi connectivity index (χ3n) is 1.75. The van der Waals surface area contributed by atoms with Crippen LogP contribution in [0.1, 0.15) is 0 Å². The standard InChI is InChI=1S/C5H7NO3/c7-5(8)6-1-3-4(2-6)9-3/h3-4H,1-2H2,(H,7,8)/p-1. The van der Waals surface area contributed by atoms with E-state index in [0.717, 1.165) is 0 Å². The predicted octanol–water partition coefficient (Wildman–Crippen LogP) is -1.59. The van der Waals surface area contributed by atoms with Crippen molar-refractivity contribution in [2.75, 3.05) is 13.1 Å². The summed E-state index contributed by atoms with van der Waals surface area (Å²) in [5, 5.41) is 10.1. The van der Waals surface area contributed by atoms with E-state index in [1.54, 1.807) is 0 Å². The summed E-state index contributed by atoms with van der Waals surface area (Å²) in [4.78, 5) is 11.4. The van der Waals surface area contributed by atoms with Crippen LogP contribution in [-0.2, 0) is 4.74 Å². The van der Waals surface area contributed by atoms with Gasteiger partial charge in [0, 0.05) is 13.1 Å². The van der Waals surface area contributed by atoms with Gasteiger partial charge in [0.2, 0.25) is 0 Å². The molecule has 0 aromatic rings. The molecule has 2 heterocycles. The lowest BCUT2D eigenvalue weighted by Crippen LogP contribution is -2.41. The zero-order valence-electron chi connectivity index (χ0n) is 4.74. The molecule has 0 bridgehead atoms. The Morgan fingerprint density at radius 2 is 2.11 bits per heavy atom. The SMILES string of the molecule is O=C([O-])N1CC2OC2C1. The van der Waals surface area contributed by atoms with Crippen molar-refractivity contribution in [3.8, 4) is 0 Å². The van der Waals surface area contributed by atoms with E-state index < -0.39 is 6.09 Å². The molecule has 9 heavy (non-hydrogen) atoms. The molecule has 0 aliphatic carbocycles. The van der Waals surface area contributed by atoms with E-state index in [2.05, 4.69) is 0 Å². The average molecular weight is 128 g/mol. The van der Waals surface area contributed by atoms with Gasteiger partial charge < -0.3 is 19.5 Å². The van der Waals surface area contributed by atoms with Crippen LogP contribution in [0.15, 0.2) is 0 Å². The summed E-state index contributed by atoms with van der Waals surface area (Å²) in [6.07, 6.45) is -0.711. The van der Waals surface area contributed by atoms with E-state index in [0.29, 0.717) is 13.1 Å². The third-order valence-corrected chi connectivity index (χ3v) is 1.75. The summed E-state index contributed by atoms with van der Waals surface area (Å²) < 4.78 is 5.00. The number of ether oxygens (including phenoxy) is 1. The van der Waals surface area contributed by atoms with Gasteiger partial charge in [-0.05, 0) is 0 Å². The number of epoxide rings is 1. The Morgan fingerprint density at radius 3 is 2.44 bits per heavy atom. The molecule has 2 atom stereocenters. The highest BCUT2D eigenvalue weighted by Gasteiger charge is 2.47. The molecule has 0 spiro atoms. The summed E-state index contributed by atoms with van der Waals surface area (Å²) in [6, 6.07) is 0. The molecule has 0 aromatic heterocycles. The van der Waals surface area contributed by atoms with Gasteiger partial charge in [0.1, 0.15) is 18.3 Å². The minimum atomic E-state index is -1.08. The van der Waals surface area contributed by atoms with Gasteiger partial charge in [-0.15, -0.1) is 0 Å². The number of hydrogen-bond donors (Lipinski definition) is 0. The van der Waals surface area contributed by atoms with Crippen molar-refractivity contribution in [3.63, 3.8) is 0 Å². The Kier molecular flexibility index (Phi) is 0.778. The molecule has 0 saturated carbocycles. The summed E-state index contributed by atoms with van der Waals surface area (Å²) in [5.74, 6) is 0. The molecule has 0 N–H and O–H groups in total. The Balaban J connectivity index is 1.97. The van der Waals surface area contributed by atoms with Crippen LogP contribution in [-0.4, -0.2) is 36.3 Å². The first-order chi connectivity index (χ1) is 4.27. The molecule has 4 heteroatoms. The number of morpholine rings is 1. The largest absolute Gasteiger partial charge is 0.530 e. The number of amides is 1. The Bertz CT molecular complexity index is 148. The molecular formula is C5H6NO3-. The van der Waals surface area contributed by atoms with E-state index in [4.69, 9.17) is 4.74 Å². The Labute approximate surface area is 52.0 Å². The van der Waals surface area contributed by atoms with Crippen LogP contribution in [0.25, 0.3) is 0 Å². The summed E-state index contributed by atoms with van der Waals surface area (Å²) in [5.41, 5.74) is 0. The van der Waals surface area contributed by atoms with Gasteiger partial charge >= 0.3 is 0 Å². The van der Waals surface area contributed by atoms with Crippen LogP contribution in [0.5, 0.6) is 0 Å². The molecule has 0 aromatic carbocycles. The van der Waals surface area contributed by atoms with Gasteiger partial charge in [0.15, 0.2) is 0 Å². The molecule has 2 aliphatic rings. The van der Waals surface area contributed by atoms with E-state index in [1.165, 1.54) is 4.90 Å². The Morgan fingerprint density at radius 1 is 1.56 bits per heavy atom. The fourth-order valence-corrected chi connectivity index (χ4v) is 1.16. The number of hydrogen-bond acceptors (Lipinski definition) is 3. The lowest BCUT2D eigenvalue weighted by Gasteiger charge is -2.18. The maximum Gasteiger partial charge on any atom is 0.137 e. The van der Waals surface area contributed by atoms with Gasteiger partial charge in [-0.3, -0.25) is 0 Å². The van der Waals surface area contributed by atoms with Crippen LogP contribution < -0.4 is 5.11 Å². The topological polar surface area (TPSA) is 55.9 Å². The summed E-state index contributed by atoms with van der Waals surface area (Å²) in [6.45, 7) is 1.01. The van der Waals surface area contributed by atoms with E-state index in [1.807, 2.05) is 0 Å². The number of fused-ring (bicyclic) bond motifs is 1. The minimum absolute atomic E-state index is 0.183. The Hall–Kier alpha value is -0.770. The molecular weight excluding hydrogens is 122 g/mol. The van der Waals surface area contributed by atoms with Crippen molar-refractivity contribution in [2.24, 2.45) is 0 Å². The maximum atomic E-state index is 10.1. The van der Waals surface area contributed by atoms with E-state index in [9.17, 15) is 9.90 Å². The molecule has 4 nitrogen and oxygen atoms in total. The number of nitrogens with zero attached hydrogens (tertiary/aromatic N) is 1. The van der Waals surface area contributed by atoms with Crippen LogP contribution in [0.4, 0.5) is 4.79 Å². The van der Waals surface area contributed by atoms with Crippen molar-refractivity contribution in [2.45, 2.75) is 12.2 Å². The van der Waals surface area contributed by atoms with Crippen LogP contribution in [0.3, 0.4) is 0 Å². The van der Waals surface area contributed by atoms with E-state index in [-0.39, 0.29) is 12.2 Å². The normalized spacial score (nSPS) is 38.4. The van der Waals surface area contributed by atoms with Crippen LogP contribution in [0.2, 0.25) is 0 Å².